The fourth-order valence-electron chi connectivity index (χ4n) is 1.56. The number of rotatable bonds is 1. The van der Waals surface area contributed by atoms with Gasteiger partial charge in [-0.05, 0) is 23.3 Å². The predicted octanol–water partition coefficient (Wildman–Crippen LogP) is 4.06. The van der Waals surface area contributed by atoms with Crippen molar-refractivity contribution in [3.05, 3.63) is 78.9 Å². The SMILES string of the molecule is Nc1ccc(-c2ccccccccc2)cc1. The molecule has 17 heavy (non-hydrogen) atoms. The van der Waals surface area contributed by atoms with Crippen LogP contribution in [-0.2, 0) is 0 Å². The molecule has 2 aromatic carbocycles. The number of hydrogen-bond acceptors (Lipinski definition) is 1. The van der Waals surface area contributed by atoms with E-state index in [-0.39, 0.29) is 0 Å². The van der Waals surface area contributed by atoms with Crippen LogP contribution in [0.4, 0.5) is 5.69 Å². The average molecular weight is 221 g/mol. The van der Waals surface area contributed by atoms with Gasteiger partial charge in [0.15, 0.2) is 0 Å². The molecule has 0 aromatic heterocycles. The zero-order valence-corrected chi connectivity index (χ0v) is 9.58. The van der Waals surface area contributed by atoms with Crippen LogP contribution in [-0.4, -0.2) is 0 Å². The van der Waals surface area contributed by atoms with Gasteiger partial charge in [-0.3, -0.25) is 0 Å². The lowest BCUT2D eigenvalue weighted by molar-refractivity contribution is 1.62. The van der Waals surface area contributed by atoms with Gasteiger partial charge >= 0.3 is 0 Å². The van der Waals surface area contributed by atoms with Crippen LogP contribution in [0.3, 0.4) is 0 Å². The topological polar surface area (TPSA) is 26.0 Å². The van der Waals surface area contributed by atoms with Gasteiger partial charge in [-0.15, -0.1) is 0 Å². The highest BCUT2D eigenvalue weighted by molar-refractivity contribution is 5.64. The average Bonchev–Trinajstić information content (AvgIpc) is 2.37. The molecule has 0 saturated heterocycles. The van der Waals surface area contributed by atoms with Crippen LogP contribution >= 0.6 is 0 Å². The number of nitrogens with two attached hydrogens (primary N) is 1. The summed E-state index contributed by atoms with van der Waals surface area (Å²) in [6.45, 7) is 0. The Bertz CT molecular complexity index is 503. The largest absolute Gasteiger partial charge is 0.399 e. The number of nitrogen functional groups attached to an aromatic ring is 1. The Morgan fingerprint density at radius 3 is 1.41 bits per heavy atom. The summed E-state index contributed by atoms with van der Waals surface area (Å²) in [6, 6.07) is 26.2. The first-order valence-corrected chi connectivity index (χ1v) is 5.60. The van der Waals surface area contributed by atoms with E-state index in [0.717, 1.165) is 11.3 Å². The summed E-state index contributed by atoms with van der Waals surface area (Å²) in [5.74, 6) is 0. The van der Waals surface area contributed by atoms with Crippen molar-refractivity contribution in [2.45, 2.75) is 0 Å². The molecule has 0 spiro atoms. The van der Waals surface area contributed by atoms with E-state index in [9.17, 15) is 0 Å². The third kappa shape index (κ3) is 3.35. The molecule has 1 heteroatoms. The summed E-state index contributed by atoms with van der Waals surface area (Å²) in [5.41, 5.74) is 8.81. The highest BCUT2D eigenvalue weighted by atomic mass is 14.5. The van der Waals surface area contributed by atoms with E-state index in [0.29, 0.717) is 0 Å². The maximum atomic E-state index is 5.69. The fraction of sp³-hybridized carbons (Fsp3) is 0. The van der Waals surface area contributed by atoms with Crippen LogP contribution in [0.1, 0.15) is 0 Å². The summed E-state index contributed by atoms with van der Waals surface area (Å²) < 4.78 is 0. The van der Waals surface area contributed by atoms with Gasteiger partial charge in [0, 0.05) is 5.69 Å². The second-order valence-corrected chi connectivity index (χ2v) is 3.76. The van der Waals surface area contributed by atoms with Crippen molar-refractivity contribution in [3.8, 4) is 11.1 Å². The molecule has 84 valence electrons. The molecule has 0 aliphatic carbocycles. The minimum Gasteiger partial charge on any atom is -0.399 e. The molecule has 0 unspecified atom stereocenters. The van der Waals surface area contributed by atoms with Gasteiger partial charge in [0.05, 0.1) is 0 Å². The first-order chi connectivity index (χ1) is 8.36. The van der Waals surface area contributed by atoms with Crippen molar-refractivity contribution < 1.29 is 0 Å². The Morgan fingerprint density at radius 2 is 0.882 bits per heavy atom. The first kappa shape index (κ1) is 11.2. The first-order valence-electron chi connectivity index (χ1n) is 5.60. The lowest BCUT2D eigenvalue weighted by Gasteiger charge is -1.99. The molecule has 0 aliphatic heterocycles. The van der Waals surface area contributed by atoms with Crippen molar-refractivity contribution in [2.24, 2.45) is 0 Å². The summed E-state index contributed by atoms with van der Waals surface area (Å²) in [5, 5.41) is 0. The molecule has 0 heterocycles. The molecule has 0 radical (unpaired) electrons. The summed E-state index contributed by atoms with van der Waals surface area (Å²) in [7, 11) is 0. The molecule has 0 atom stereocenters. The smallest absolute Gasteiger partial charge is 0.0314 e. The molecule has 1 nitrogen and oxygen atoms in total. The summed E-state index contributed by atoms with van der Waals surface area (Å²) in [4.78, 5) is 0. The third-order valence-corrected chi connectivity index (χ3v) is 2.46. The molecule has 0 saturated carbocycles. The Kier molecular flexibility index (Phi) is 3.77. The van der Waals surface area contributed by atoms with Crippen LogP contribution in [0, 0.1) is 0 Å². The van der Waals surface area contributed by atoms with E-state index in [1.807, 2.05) is 66.7 Å². The van der Waals surface area contributed by atoms with Gasteiger partial charge < -0.3 is 5.73 Å². The van der Waals surface area contributed by atoms with Gasteiger partial charge in [-0.25, -0.2) is 0 Å². The van der Waals surface area contributed by atoms with Crippen LogP contribution in [0.25, 0.3) is 11.1 Å². The van der Waals surface area contributed by atoms with E-state index in [4.69, 9.17) is 5.73 Å². The normalized spacial score (nSPS) is 9.41. The molecule has 2 rings (SSSR count). The van der Waals surface area contributed by atoms with E-state index in [1.54, 1.807) is 0 Å². The van der Waals surface area contributed by atoms with E-state index in [2.05, 4.69) is 12.1 Å². The molecule has 2 N–H and O–H groups in total. The van der Waals surface area contributed by atoms with Crippen LogP contribution in [0.2, 0.25) is 0 Å². The highest BCUT2D eigenvalue weighted by Gasteiger charge is 1.93. The molecule has 0 fully saturated rings. The maximum absolute atomic E-state index is 5.69. The standard InChI is InChI=1S/C16H15N/c17-16-12-10-15(11-13-16)14-8-6-4-2-1-3-5-7-9-14/h1-13H,17H2. The Labute approximate surface area is 102 Å². The molecule has 0 bridgehead atoms. The number of benzene rings is 1. The van der Waals surface area contributed by atoms with Gasteiger partial charge in [-0.2, -0.15) is 0 Å². The van der Waals surface area contributed by atoms with Gasteiger partial charge in [-0.1, -0.05) is 66.7 Å². The fourth-order valence-corrected chi connectivity index (χ4v) is 1.56. The summed E-state index contributed by atoms with van der Waals surface area (Å²) in [6.07, 6.45) is 0. The van der Waals surface area contributed by atoms with Gasteiger partial charge in [0.1, 0.15) is 0 Å². The zero-order valence-electron chi connectivity index (χ0n) is 9.58. The number of hydrogen-bond donors (Lipinski definition) is 1. The van der Waals surface area contributed by atoms with E-state index >= 15 is 0 Å². The molecule has 2 aromatic rings. The van der Waals surface area contributed by atoms with E-state index in [1.165, 1.54) is 5.56 Å². The molecular weight excluding hydrogens is 206 g/mol. The van der Waals surface area contributed by atoms with Crippen LogP contribution in [0.15, 0.2) is 78.9 Å². The number of anilines is 1. The second kappa shape index (κ2) is 5.71. The molecular formula is C16H15N. The van der Waals surface area contributed by atoms with Gasteiger partial charge in [0.2, 0.25) is 0 Å². The third-order valence-electron chi connectivity index (χ3n) is 2.46. The van der Waals surface area contributed by atoms with Crippen LogP contribution < -0.4 is 5.73 Å². The Balaban J connectivity index is 2.48. The van der Waals surface area contributed by atoms with Crippen molar-refractivity contribution >= 4 is 5.69 Å². The monoisotopic (exact) mass is 221 g/mol. The van der Waals surface area contributed by atoms with E-state index < -0.39 is 0 Å². The van der Waals surface area contributed by atoms with Crippen LogP contribution in [0.5, 0.6) is 0 Å². The molecule has 0 aliphatic rings. The Morgan fingerprint density at radius 1 is 0.471 bits per heavy atom. The summed E-state index contributed by atoms with van der Waals surface area (Å²) >= 11 is 0. The lowest BCUT2D eigenvalue weighted by Crippen LogP contribution is -1.83. The van der Waals surface area contributed by atoms with Gasteiger partial charge in [0.25, 0.3) is 0 Å². The van der Waals surface area contributed by atoms with Crippen molar-refractivity contribution in [2.75, 3.05) is 5.73 Å². The Hall–Kier alpha value is -2.28. The predicted molar refractivity (Wildman–Crippen MR) is 73.9 cm³/mol. The van der Waals surface area contributed by atoms with Crippen molar-refractivity contribution in [3.63, 3.8) is 0 Å². The lowest BCUT2D eigenvalue weighted by atomic mass is 10.1. The highest BCUT2D eigenvalue weighted by Crippen LogP contribution is 2.18. The van der Waals surface area contributed by atoms with Crippen molar-refractivity contribution in [1.82, 2.24) is 0 Å². The maximum Gasteiger partial charge on any atom is 0.0314 e. The quantitative estimate of drug-likeness (QED) is 0.722. The molecule has 0 amide bonds. The second-order valence-electron chi connectivity index (χ2n) is 3.76. The minimum atomic E-state index is 0.788. The van der Waals surface area contributed by atoms with Crippen molar-refractivity contribution in [1.29, 1.82) is 0 Å². The zero-order chi connectivity index (χ0) is 11.9. The minimum absolute atomic E-state index is 0.788.